The SMILES string of the molecule is CC(C)(C)c1ccc(-c2cccc3[cH-]c(C4CCCCC4)cc23)cc1.CCc1cc2c(-c3ccc(C(C(F)(F)F)(C(F)(F)F)C(F)(F)F)cc3)cccc2[cH-]1.C[Si]C.[Cl][Zr+2][Cl]. The predicted octanol–water partition coefficient (Wildman–Crippen LogP) is 17.4. The quantitative estimate of drug-likeness (QED) is 0.0917. The second-order valence-corrected chi connectivity index (χ2v) is 20.9. The molecule has 1 aliphatic carbocycles. The summed E-state index contributed by atoms with van der Waals surface area (Å²) in [6.45, 7) is 13.0. The molecule has 1 aliphatic rings. The number of alkyl halides is 9. The molecule has 0 spiro atoms. The van der Waals surface area contributed by atoms with E-state index in [1.165, 1.54) is 59.6 Å². The van der Waals surface area contributed by atoms with Gasteiger partial charge in [0.05, 0.1) is 0 Å². The zero-order chi connectivity index (χ0) is 45.4. The molecule has 7 rings (SSSR count). The zero-order valence-corrected chi connectivity index (χ0v) is 39.8. The molecule has 0 atom stereocenters. The van der Waals surface area contributed by atoms with E-state index in [1.807, 2.05) is 19.1 Å². The monoisotopic (exact) mass is 984 g/mol. The van der Waals surface area contributed by atoms with Crippen molar-refractivity contribution in [1.82, 2.24) is 0 Å². The summed E-state index contributed by atoms with van der Waals surface area (Å²) in [6, 6.07) is 31.8. The van der Waals surface area contributed by atoms with Gasteiger partial charge in [0.15, 0.2) is 0 Å². The van der Waals surface area contributed by atoms with Gasteiger partial charge in [-0.05, 0) is 52.8 Å². The first-order chi connectivity index (χ1) is 28.6. The topological polar surface area (TPSA) is 0 Å². The first-order valence-electron chi connectivity index (χ1n) is 19.9. The van der Waals surface area contributed by atoms with Gasteiger partial charge in [-0.3, -0.25) is 0 Å². The number of fused-ring (bicyclic) bond motifs is 2. The minimum atomic E-state index is -6.63. The number of hydrogen-bond donors (Lipinski definition) is 0. The summed E-state index contributed by atoms with van der Waals surface area (Å²) >= 11 is -0.826. The maximum absolute atomic E-state index is 13.3. The van der Waals surface area contributed by atoms with Crippen molar-refractivity contribution in [2.45, 2.75) is 115 Å². The molecule has 61 heavy (non-hydrogen) atoms. The third-order valence-electron chi connectivity index (χ3n) is 11.0. The second kappa shape index (κ2) is 21.2. The minimum absolute atomic E-state index is 0.207. The zero-order valence-electron chi connectivity index (χ0n) is 34.9. The van der Waals surface area contributed by atoms with Crippen molar-refractivity contribution in [2.24, 2.45) is 0 Å². The van der Waals surface area contributed by atoms with Crippen LogP contribution in [0.4, 0.5) is 39.5 Å². The molecule has 6 aromatic rings. The number of hydrogen-bond acceptors (Lipinski definition) is 0. The van der Waals surface area contributed by atoms with E-state index in [0.29, 0.717) is 17.4 Å². The molecule has 1 fully saturated rings. The van der Waals surface area contributed by atoms with Gasteiger partial charge in [0, 0.05) is 9.52 Å². The molecule has 326 valence electrons. The molecule has 0 unspecified atom stereocenters. The Morgan fingerprint density at radius 3 is 1.43 bits per heavy atom. The predicted molar refractivity (Wildman–Crippen MR) is 233 cm³/mol. The fourth-order valence-corrected chi connectivity index (χ4v) is 7.96. The Morgan fingerprint density at radius 1 is 0.607 bits per heavy atom. The molecule has 0 amide bonds. The average Bonchev–Trinajstić information content (AvgIpc) is 3.83. The fourth-order valence-electron chi connectivity index (χ4n) is 7.96. The van der Waals surface area contributed by atoms with Crippen LogP contribution in [-0.4, -0.2) is 28.0 Å². The van der Waals surface area contributed by atoms with Crippen LogP contribution in [0.15, 0.2) is 109 Å². The fraction of sp³-hybridized carbons (Fsp3) is 0.375. The molecule has 0 heterocycles. The summed E-state index contributed by atoms with van der Waals surface area (Å²) in [6.07, 6.45) is -12.2. The van der Waals surface area contributed by atoms with Crippen LogP contribution >= 0.6 is 17.0 Å². The molecule has 1 saturated carbocycles. The van der Waals surface area contributed by atoms with Crippen molar-refractivity contribution in [3.63, 3.8) is 0 Å². The van der Waals surface area contributed by atoms with Gasteiger partial charge in [-0.25, -0.2) is 0 Å². The Labute approximate surface area is 374 Å². The standard InChI is InChI=1S/C25H29.C21H14F9.C2H6Si.2ClH.Zr/c1-25(2,3)22-14-12-19(13-15-22)23-11-7-10-20-16-21(17-24(20)23)18-8-5-4-6-9-18;1-2-12-10-14-4-3-5-16(17(14)11-12)13-6-8-15(9-7-13)18(19(22,23)24,20(25,26)27)21(28,29)30;1-3-2;;;/h7,10-18H,4-6,8-9H2,1-3H3;3-11H,2H2,1H3;1-2H3;2*1H;/q2*-1;;;;+4/p-2. The van der Waals surface area contributed by atoms with Crippen molar-refractivity contribution in [2.75, 3.05) is 0 Å². The van der Waals surface area contributed by atoms with Crippen LogP contribution in [0.3, 0.4) is 0 Å². The maximum atomic E-state index is 13.3. The van der Waals surface area contributed by atoms with Gasteiger partial charge in [0.25, 0.3) is 5.41 Å². The molecule has 13 heteroatoms. The van der Waals surface area contributed by atoms with Crippen molar-refractivity contribution < 1.29 is 60.4 Å². The average molecular weight is 987 g/mol. The van der Waals surface area contributed by atoms with E-state index in [-0.39, 0.29) is 23.1 Å². The molecule has 0 nitrogen and oxygen atoms in total. The summed E-state index contributed by atoms with van der Waals surface area (Å²) in [4.78, 5) is 0. The van der Waals surface area contributed by atoms with E-state index in [2.05, 4.69) is 88.5 Å². The molecule has 6 aromatic carbocycles. The molecule has 0 aromatic heterocycles. The summed E-state index contributed by atoms with van der Waals surface area (Å²) in [5, 5.41) is 4.34. The van der Waals surface area contributed by atoms with Crippen LogP contribution in [0.5, 0.6) is 0 Å². The Morgan fingerprint density at radius 2 is 1.02 bits per heavy atom. The van der Waals surface area contributed by atoms with E-state index in [9.17, 15) is 39.5 Å². The first kappa shape index (κ1) is 50.8. The molecule has 0 saturated heterocycles. The van der Waals surface area contributed by atoms with E-state index < -0.39 is 50.4 Å². The molecule has 0 bridgehead atoms. The van der Waals surface area contributed by atoms with Gasteiger partial charge < -0.3 is 0 Å². The summed E-state index contributed by atoms with van der Waals surface area (Å²) < 4.78 is 120. The normalized spacial score (nSPS) is 14.0. The van der Waals surface area contributed by atoms with Gasteiger partial charge in [0.2, 0.25) is 0 Å². The van der Waals surface area contributed by atoms with Crippen LogP contribution in [0.25, 0.3) is 43.8 Å². The van der Waals surface area contributed by atoms with Crippen LogP contribution in [-0.2, 0) is 38.1 Å². The Bertz CT molecular complexity index is 2230. The Balaban J connectivity index is 0.000000241. The third kappa shape index (κ3) is 11.6. The van der Waals surface area contributed by atoms with Crippen molar-refractivity contribution in [1.29, 1.82) is 0 Å². The van der Waals surface area contributed by atoms with Gasteiger partial charge in [-0.15, -0.1) is 69.1 Å². The molecule has 0 N–H and O–H groups in total. The number of halogens is 11. The van der Waals surface area contributed by atoms with Crippen molar-refractivity contribution in [3.8, 4) is 22.3 Å². The van der Waals surface area contributed by atoms with E-state index in [0.717, 1.165) is 38.5 Å². The van der Waals surface area contributed by atoms with Crippen molar-refractivity contribution >= 4 is 48.1 Å². The Hall–Kier alpha value is -2.85. The van der Waals surface area contributed by atoms with E-state index in [1.54, 1.807) is 23.8 Å². The van der Waals surface area contributed by atoms with Crippen LogP contribution in [0, 0.1) is 0 Å². The summed E-state index contributed by atoms with van der Waals surface area (Å²) in [5.74, 6) is 0.775. The van der Waals surface area contributed by atoms with Gasteiger partial charge in [-0.2, -0.15) is 51.6 Å². The van der Waals surface area contributed by atoms with Gasteiger partial charge in [0.1, 0.15) is 0 Å². The van der Waals surface area contributed by atoms with Crippen LogP contribution in [0.2, 0.25) is 13.1 Å². The first-order valence-corrected chi connectivity index (χ1v) is 28.3. The molecular weight excluding hydrogens is 938 g/mol. The van der Waals surface area contributed by atoms with E-state index in [4.69, 9.17) is 17.0 Å². The van der Waals surface area contributed by atoms with Gasteiger partial charge >= 0.3 is 56.4 Å². The third-order valence-corrected chi connectivity index (χ3v) is 11.0. The van der Waals surface area contributed by atoms with Crippen LogP contribution in [0.1, 0.15) is 88.0 Å². The van der Waals surface area contributed by atoms with Gasteiger partial charge in [-0.1, -0.05) is 132 Å². The van der Waals surface area contributed by atoms with E-state index >= 15 is 0 Å². The number of aryl methyl sites for hydroxylation is 1. The number of rotatable bonds is 5. The number of benzene rings is 4. The summed E-state index contributed by atoms with van der Waals surface area (Å²) in [5.41, 5.74) is -0.358. The molecule has 0 aliphatic heterocycles. The molecule has 2 radical (unpaired) electrons. The second-order valence-electron chi connectivity index (χ2n) is 16.2. The summed E-state index contributed by atoms with van der Waals surface area (Å²) in [7, 11) is 11.0. The Kier molecular flexibility index (Phi) is 17.7. The van der Waals surface area contributed by atoms with Crippen LogP contribution < -0.4 is 0 Å². The van der Waals surface area contributed by atoms with Crippen molar-refractivity contribution in [3.05, 3.63) is 131 Å². The molecular formula is C48H49Cl2F9SiZr.